The average Bonchev–Trinajstić information content (AvgIpc) is 2.41. The summed E-state index contributed by atoms with van der Waals surface area (Å²) >= 11 is 3.50. The van der Waals surface area contributed by atoms with Crippen LogP contribution in [0.15, 0.2) is 47.1 Å². The number of rotatable bonds is 4. The summed E-state index contributed by atoms with van der Waals surface area (Å²) in [6, 6.07) is 11.3. The predicted molar refractivity (Wildman–Crippen MR) is 77.4 cm³/mol. The number of anilines is 1. The summed E-state index contributed by atoms with van der Waals surface area (Å²) in [5, 5.41) is 8.94. The number of pyridine rings is 1. The van der Waals surface area contributed by atoms with Crippen molar-refractivity contribution in [3.05, 3.63) is 58.3 Å². The van der Waals surface area contributed by atoms with Crippen LogP contribution in [0.1, 0.15) is 16.1 Å². The summed E-state index contributed by atoms with van der Waals surface area (Å²) in [7, 11) is 1.92. The Morgan fingerprint density at radius 3 is 2.79 bits per heavy atom. The van der Waals surface area contributed by atoms with E-state index in [4.69, 9.17) is 5.11 Å². The molecule has 1 aromatic heterocycles. The van der Waals surface area contributed by atoms with Gasteiger partial charge in [-0.05, 0) is 23.8 Å². The minimum atomic E-state index is -1.02. The molecule has 0 radical (unpaired) electrons. The third-order valence-corrected chi connectivity index (χ3v) is 3.54. The molecule has 1 N–H and O–H groups in total. The Morgan fingerprint density at radius 1 is 1.37 bits per heavy atom. The number of aromatic nitrogens is 1. The molecule has 19 heavy (non-hydrogen) atoms. The molecule has 98 valence electrons. The van der Waals surface area contributed by atoms with Crippen molar-refractivity contribution in [3.63, 3.8) is 0 Å². The summed E-state index contributed by atoms with van der Waals surface area (Å²) in [6.07, 6.45) is 1.51. The van der Waals surface area contributed by atoms with Crippen molar-refractivity contribution in [3.8, 4) is 0 Å². The molecule has 0 aliphatic heterocycles. The highest BCUT2D eigenvalue weighted by Crippen LogP contribution is 2.21. The quantitative estimate of drug-likeness (QED) is 0.940. The first kappa shape index (κ1) is 13.5. The summed E-state index contributed by atoms with van der Waals surface area (Å²) in [4.78, 5) is 16.7. The van der Waals surface area contributed by atoms with Crippen LogP contribution in [0.4, 0.5) is 5.69 Å². The molecule has 0 atom stereocenters. The molecule has 0 aliphatic rings. The Hall–Kier alpha value is -1.88. The van der Waals surface area contributed by atoms with Crippen molar-refractivity contribution in [2.24, 2.45) is 0 Å². The zero-order valence-corrected chi connectivity index (χ0v) is 12.0. The van der Waals surface area contributed by atoms with Crippen LogP contribution >= 0.6 is 15.9 Å². The number of aromatic carboxylic acids is 1. The molecule has 2 aromatic rings. The van der Waals surface area contributed by atoms with Crippen LogP contribution < -0.4 is 4.90 Å². The molecule has 2 rings (SSSR count). The van der Waals surface area contributed by atoms with E-state index in [0.717, 1.165) is 15.7 Å². The Kier molecular flexibility index (Phi) is 4.16. The lowest BCUT2D eigenvalue weighted by atomic mass is 10.2. The number of hydrogen-bond donors (Lipinski definition) is 1. The number of carboxylic acid groups (broad SMARTS) is 1. The molecule has 0 spiro atoms. The van der Waals surface area contributed by atoms with Gasteiger partial charge in [-0.1, -0.05) is 34.1 Å². The second-order valence-electron chi connectivity index (χ2n) is 4.15. The smallest absolute Gasteiger partial charge is 0.354 e. The third-order valence-electron chi connectivity index (χ3n) is 2.77. The fourth-order valence-electron chi connectivity index (χ4n) is 1.75. The molecule has 0 unspecified atom stereocenters. The number of nitrogens with zero attached hydrogens (tertiary/aromatic N) is 2. The highest BCUT2D eigenvalue weighted by atomic mass is 79.9. The fraction of sp³-hybridized carbons (Fsp3) is 0.143. The van der Waals surface area contributed by atoms with E-state index in [1.165, 1.54) is 6.20 Å². The van der Waals surface area contributed by atoms with Gasteiger partial charge in [-0.3, -0.25) is 0 Å². The molecule has 4 nitrogen and oxygen atoms in total. The Bertz CT molecular complexity index is 602. The Labute approximate surface area is 119 Å². The number of hydrogen-bond acceptors (Lipinski definition) is 3. The van der Waals surface area contributed by atoms with Gasteiger partial charge in [-0.15, -0.1) is 0 Å². The van der Waals surface area contributed by atoms with Crippen LogP contribution in [0.25, 0.3) is 0 Å². The van der Waals surface area contributed by atoms with Crippen LogP contribution in [-0.4, -0.2) is 23.1 Å². The second kappa shape index (κ2) is 5.84. The first-order valence-corrected chi connectivity index (χ1v) is 6.51. The first-order chi connectivity index (χ1) is 9.08. The number of carbonyl (C=O) groups is 1. The van der Waals surface area contributed by atoms with Crippen LogP contribution in [0.2, 0.25) is 0 Å². The SMILES string of the molecule is CN(Cc1ccccc1Br)c1ccnc(C(=O)O)c1. The maximum absolute atomic E-state index is 10.9. The van der Waals surface area contributed by atoms with Crippen molar-refractivity contribution in [1.82, 2.24) is 4.98 Å². The van der Waals surface area contributed by atoms with E-state index in [-0.39, 0.29) is 5.69 Å². The van der Waals surface area contributed by atoms with Crippen LogP contribution in [0.3, 0.4) is 0 Å². The van der Waals surface area contributed by atoms with Crippen LogP contribution in [0.5, 0.6) is 0 Å². The summed E-state index contributed by atoms with van der Waals surface area (Å²) in [5.74, 6) is -1.02. The molecule has 0 amide bonds. The molecule has 0 aliphatic carbocycles. The summed E-state index contributed by atoms with van der Waals surface area (Å²) < 4.78 is 1.04. The lowest BCUT2D eigenvalue weighted by Crippen LogP contribution is -2.17. The van der Waals surface area contributed by atoms with Gasteiger partial charge in [0.1, 0.15) is 5.69 Å². The molecular formula is C14H13BrN2O2. The van der Waals surface area contributed by atoms with E-state index in [2.05, 4.69) is 20.9 Å². The van der Waals surface area contributed by atoms with E-state index in [1.54, 1.807) is 12.1 Å². The zero-order valence-electron chi connectivity index (χ0n) is 10.4. The predicted octanol–water partition coefficient (Wildman–Crippen LogP) is 3.18. The largest absolute Gasteiger partial charge is 0.477 e. The van der Waals surface area contributed by atoms with Gasteiger partial charge < -0.3 is 10.0 Å². The number of carboxylic acids is 1. The van der Waals surface area contributed by atoms with E-state index in [1.807, 2.05) is 36.2 Å². The van der Waals surface area contributed by atoms with Gasteiger partial charge in [0.2, 0.25) is 0 Å². The van der Waals surface area contributed by atoms with Gasteiger partial charge in [0, 0.05) is 29.9 Å². The van der Waals surface area contributed by atoms with Crippen molar-refractivity contribution in [2.45, 2.75) is 6.54 Å². The molecule has 1 aromatic carbocycles. The first-order valence-electron chi connectivity index (χ1n) is 5.72. The van der Waals surface area contributed by atoms with Crippen molar-refractivity contribution in [2.75, 3.05) is 11.9 Å². The van der Waals surface area contributed by atoms with Crippen molar-refractivity contribution >= 4 is 27.6 Å². The van der Waals surface area contributed by atoms with Gasteiger partial charge in [0.15, 0.2) is 0 Å². The minimum absolute atomic E-state index is 0.0523. The number of benzene rings is 1. The minimum Gasteiger partial charge on any atom is -0.477 e. The van der Waals surface area contributed by atoms with E-state index >= 15 is 0 Å². The van der Waals surface area contributed by atoms with Crippen LogP contribution in [0, 0.1) is 0 Å². The van der Waals surface area contributed by atoms with Crippen molar-refractivity contribution in [1.29, 1.82) is 0 Å². The molecular weight excluding hydrogens is 308 g/mol. The highest BCUT2D eigenvalue weighted by molar-refractivity contribution is 9.10. The molecule has 0 bridgehead atoms. The summed E-state index contributed by atoms with van der Waals surface area (Å²) in [6.45, 7) is 0.685. The van der Waals surface area contributed by atoms with E-state index in [9.17, 15) is 4.79 Å². The zero-order chi connectivity index (χ0) is 13.8. The monoisotopic (exact) mass is 320 g/mol. The van der Waals surface area contributed by atoms with Gasteiger partial charge in [-0.25, -0.2) is 9.78 Å². The van der Waals surface area contributed by atoms with E-state index in [0.29, 0.717) is 6.54 Å². The second-order valence-corrected chi connectivity index (χ2v) is 5.01. The van der Waals surface area contributed by atoms with Gasteiger partial charge in [0.05, 0.1) is 0 Å². The highest BCUT2D eigenvalue weighted by Gasteiger charge is 2.09. The Morgan fingerprint density at radius 2 is 2.11 bits per heavy atom. The molecule has 0 saturated carbocycles. The standard InChI is InChI=1S/C14H13BrN2O2/c1-17(9-10-4-2-3-5-12(10)15)11-6-7-16-13(8-11)14(18)19/h2-8H,9H2,1H3,(H,18,19). The molecule has 1 heterocycles. The molecule has 0 fully saturated rings. The summed E-state index contributed by atoms with van der Waals surface area (Å²) in [5.41, 5.74) is 2.01. The lowest BCUT2D eigenvalue weighted by molar-refractivity contribution is 0.0690. The topological polar surface area (TPSA) is 53.4 Å². The van der Waals surface area contributed by atoms with E-state index < -0.39 is 5.97 Å². The third kappa shape index (κ3) is 3.32. The maximum atomic E-state index is 10.9. The normalized spacial score (nSPS) is 10.2. The van der Waals surface area contributed by atoms with Gasteiger partial charge >= 0.3 is 5.97 Å². The number of halogens is 1. The van der Waals surface area contributed by atoms with Gasteiger partial charge in [0.25, 0.3) is 0 Å². The fourth-order valence-corrected chi connectivity index (χ4v) is 2.16. The van der Waals surface area contributed by atoms with Crippen molar-refractivity contribution < 1.29 is 9.90 Å². The Balaban J connectivity index is 2.20. The van der Waals surface area contributed by atoms with Gasteiger partial charge in [-0.2, -0.15) is 0 Å². The lowest BCUT2D eigenvalue weighted by Gasteiger charge is -2.20. The van der Waals surface area contributed by atoms with Crippen LogP contribution in [-0.2, 0) is 6.54 Å². The average molecular weight is 321 g/mol. The maximum Gasteiger partial charge on any atom is 0.354 e. The molecule has 0 saturated heterocycles. The molecule has 5 heteroatoms.